The molecule has 12 heteroatoms. The van der Waals surface area contributed by atoms with E-state index in [2.05, 4.69) is 15.5 Å². The van der Waals surface area contributed by atoms with E-state index in [1.807, 2.05) is 0 Å². The van der Waals surface area contributed by atoms with E-state index >= 15 is 0 Å². The van der Waals surface area contributed by atoms with Crippen molar-refractivity contribution in [1.29, 1.82) is 0 Å². The Hall–Kier alpha value is -1.78. The molecule has 0 aliphatic carbocycles. The molecular formula is C15H14Cl2F3N5OS. The van der Waals surface area contributed by atoms with E-state index < -0.39 is 11.2 Å². The number of aromatic nitrogens is 2. The van der Waals surface area contributed by atoms with Gasteiger partial charge in [0.25, 0.3) is 0 Å². The Balaban J connectivity index is 1.51. The second-order valence-corrected chi connectivity index (χ2v) is 7.63. The van der Waals surface area contributed by atoms with Gasteiger partial charge in [-0.15, -0.1) is 10.2 Å². The highest BCUT2D eigenvalue weighted by atomic mass is 35.5. The molecule has 1 fully saturated rings. The van der Waals surface area contributed by atoms with Crippen LogP contribution < -0.4 is 10.2 Å². The minimum atomic E-state index is -4.50. The van der Waals surface area contributed by atoms with Gasteiger partial charge in [0.05, 0.1) is 0 Å². The molecule has 1 N–H and O–H groups in total. The number of urea groups is 1. The fourth-order valence-electron chi connectivity index (χ4n) is 2.56. The standard InChI is InChI=1S/C15H14Cl2F3N5OS/c16-10-5-9(6-11(17)7-10)8-21-13(26)24-1-3-25(4-2-24)14-23-22-12(27-14)15(18,19)20/h5-7H,1-4,8H2,(H,21,26). The molecule has 1 aliphatic rings. The molecule has 2 aromatic rings. The molecule has 0 bridgehead atoms. The first-order valence-corrected chi connectivity index (χ1v) is 9.43. The Morgan fingerprint density at radius 2 is 1.74 bits per heavy atom. The molecule has 0 spiro atoms. The summed E-state index contributed by atoms with van der Waals surface area (Å²) in [6.45, 7) is 1.75. The number of anilines is 1. The van der Waals surface area contributed by atoms with E-state index in [-0.39, 0.29) is 17.7 Å². The van der Waals surface area contributed by atoms with Gasteiger partial charge < -0.3 is 15.1 Å². The molecule has 1 saturated heterocycles. The number of amides is 2. The average molecular weight is 440 g/mol. The van der Waals surface area contributed by atoms with E-state index in [1.165, 1.54) is 0 Å². The Kier molecular flexibility index (Phi) is 5.97. The van der Waals surface area contributed by atoms with E-state index in [4.69, 9.17) is 23.2 Å². The second kappa shape index (κ2) is 8.07. The average Bonchev–Trinajstić information content (AvgIpc) is 3.09. The van der Waals surface area contributed by atoms with Gasteiger partial charge in [0.2, 0.25) is 10.1 Å². The minimum absolute atomic E-state index is 0.205. The van der Waals surface area contributed by atoms with Gasteiger partial charge >= 0.3 is 12.2 Å². The summed E-state index contributed by atoms with van der Waals surface area (Å²) in [5.41, 5.74) is 0.771. The molecule has 1 aromatic heterocycles. The minimum Gasteiger partial charge on any atom is -0.343 e. The third kappa shape index (κ3) is 5.14. The quantitative estimate of drug-likeness (QED) is 0.787. The van der Waals surface area contributed by atoms with Crippen LogP contribution in [-0.4, -0.2) is 47.3 Å². The van der Waals surface area contributed by atoms with Gasteiger partial charge in [0.15, 0.2) is 0 Å². The molecule has 2 heterocycles. The van der Waals surface area contributed by atoms with Crippen LogP contribution in [0.2, 0.25) is 10.0 Å². The molecule has 3 rings (SSSR count). The molecule has 146 valence electrons. The number of nitrogens with zero attached hydrogens (tertiary/aromatic N) is 4. The van der Waals surface area contributed by atoms with Gasteiger partial charge in [-0.05, 0) is 23.8 Å². The fourth-order valence-corrected chi connectivity index (χ4v) is 3.90. The van der Waals surface area contributed by atoms with Crippen molar-refractivity contribution < 1.29 is 18.0 Å². The predicted molar refractivity (Wildman–Crippen MR) is 97.4 cm³/mol. The second-order valence-electron chi connectivity index (χ2n) is 5.80. The number of nitrogens with one attached hydrogen (secondary N) is 1. The van der Waals surface area contributed by atoms with Crippen molar-refractivity contribution >= 4 is 45.7 Å². The highest BCUT2D eigenvalue weighted by Gasteiger charge is 2.36. The van der Waals surface area contributed by atoms with Gasteiger partial charge in [0, 0.05) is 42.8 Å². The Labute approximate surface area is 166 Å². The molecule has 1 aromatic carbocycles. The maximum Gasteiger partial charge on any atom is 0.445 e. The van der Waals surface area contributed by atoms with Crippen LogP contribution in [0, 0.1) is 0 Å². The number of halogens is 5. The summed E-state index contributed by atoms with van der Waals surface area (Å²) in [4.78, 5) is 15.6. The van der Waals surface area contributed by atoms with E-state index in [9.17, 15) is 18.0 Å². The van der Waals surface area contributed by atoms with Gasteiger partial charge in [-0.1, -0.05) is 34.5 Å². The third-order valence-electron chi connectivity index (χ3n) is 3.86. The van der Waals surface area contributed by atoms with Gasteiger partial charge in [0.1, 0.15) is 0 Å². The Bertz CT molecular complexity index is 804. The van der Waals surface area contributed by atoms with Crippen molar-refractivity contribution in [3.05, 3.63) is 38.8 Å². The summed E-state index contributed by atoms with van der Waals surface area (Å²) in [5, 5.41) is 9.75. The van der Waals surface area contributed by atoms with Crippen molar-refractivity contribution in [3.63, 3.8) is 0 Å². The first-order chi connectivity index (χ1) is 12.7. The highest BCUT2D eigenvalue weighted by Crippen LogP contribution is 2.34. The lowest BCUT2D eigenvalue weighted by Crippen LogP contribution is -2.51. The summed E-state index contributed by atoms with van der Waals surface area (Å²) >= 11 is 12.4. The number of carbonyl (C=O) groups is 1. The van der Waals surface area contributed by atoms with Crippen LogP contribution in [-0.2, 0) is 12.7 Å². The first-order valence-electron chi connectivity index (χ1n) is 7.86. The van der Waals surface area contributed by atoms with Crippen LogP contribution in [0.5, 0.6) is 0 Å². The van der Waals surface area contributed by atoms with Crippen LogP contribution in [0.1, 0.15) is 10.6 Å². The van der Waals surface area contributed by atoms with Crippen molar-refractivity contribution in [2.45, 2.75) is 12.7 Å². The number of rotatable bonds is 3. The van der Waals surface area contributed by atoms with Crippen molar-refractivity contribution in [2.75, 3.05) is 31.1 Å². The maximum absolute atomic E-state index is 12.6. The number of carbonyl (C=O) groups excluding carboxylic acids is 1. The largest absolute Gasteiger partial charge is 0.445 e. The number of benzene rings is 1. The lowest BCUT2D eigenvalue weighted by molar-refractivity contribution is -0.138. The van der Waals surface area contributed by atoms with Crippen molar-refractivity contribution in [2.24, 2.45) is 0 Å². The molecule has 0 saturated carbocycles. The highest BCUT2D eigenvalue weighted by molar-refractivity contribution is 7.15. The molecule has 0 atom stereocenters. The van der Waals surface area contributed by atoms with Gasteiger partial charge in [-0.3, -0.25) is 0 Å². The summed E-state index contributed by atoms with van der Waals surface area (Å²) in [5.74, 6) is 0. The van der Waals surface area contributed by atoms with Gasteiger partial charge in [-0.25, -0.2) is 4.79 Å². The number of hydrogen-bond acceptors (Lipinski definition) is 5. The summed E-state index contributed by atoms with van der Waals surface area (Å²) in [6, 6.07) is 4.75. The number of hydrogen-bond donors (Lipinski definition) is 1. The van der Waals surface area contributed by atoms with Crippen molar-refractivity contribution in [3.8, 4) is 0 Å². The lowest BCUT2D eigenvalue weighted by Gasteiger charge is -2.34. The molecule has 27 heavy (non-hydrogen) atoms. The van der Waals surface area contributed by atoms with Crippen LogP contribution >= 0.6 is 34.5 Å². The van der Waals surface area contributed by atoms with Crippen LogP contribution in [0.4, 0.5) is 23.1 Å². The zero-order valence-corrected chi connectivity index (χ0v) is 16.1. The zero-order chi connectivity index (χ0) is 19.6. The number of alkyl halides is 3. The normalized spacial score (nSPS) is 15.1. The van der Waals surface area contributed by atoms with Crippen molar-refractivity contribution in [1.82, 2.24) is 20.4 Å². The smallest absolute Gasteiger partial charge is 0.343 e. The van der Waals surface area contributed by atoms with E-state index in [0.717, 1.165) is 5.56 Å². The Morgan fingerprint density at radius 3 is 2.30 bits per heavy atom. The predicted octanol–water partition coefficient (Wildman–Crippen LogP) is 3.90. The fraction of sp³-hybridized carbons (Fsp3) is 0.400. The van der Waals surface area contributed by atoms with Crippen LogP contribution in [0.15, 0.2) is 18.2 Å². The summed E-state index contributed by atoms with van der Waals surface area (Å²) in [6.07, 6.45) is -4.50. The lowest BCUT2D eigenvalue weighted by atomic mass is 10.2. The summed E-state index contributed by atoms with van der Waals surface area (Å²) < 4.78 is 37.9. The zero-order valence-electron chi connectivity index (χ0n) is 13.8. The van der Waals surface area contributed by atoms with E-state index in [0.29, 0.717) is 47.6 Å². The molecule has 6 nitrogen and oxygen atoms in total. The molecule has 1 aliphatic heterocycles. The first kappa shape index (κ1) is 20.0. The van der Waals surface area contributed by atoms with E-state index in [1.54, 1.807) is 28.0 Å². The third-order valence-corrected chi connectivity index (χ3v) is 5.33. The molecule has 2 amide bonds. The molecular weight excluding hydrogens is 426 g/mol. The Morgan fingerprint density at radius 1 is 1.11 bits per heavy atom. The maximum atomic E-state index is 12.6. The summed E-state index contributed by atoms with van der Waals surface area (Å²) in [7, 11) is 0. The molecule has 0 radical (unpaired) electrons. The monoisotopic (exact) mass is 439 g/mol. The van der Waals surface area contributed by atoms with Crippen LogP contribution in [0.3, 0.4) is 0 Å². The topological polar surface area (TPSA) is 61.4 Å². The SMILES string of the molecule is O=C(NCc1cc(Cl)cc(Cl)c1)N1CCN(c2nnc(C(F)(F)F)s2)CC1. The van der Waals surface area contributed by atoms with Gasteiger partial charge in [-0.2, -0.15) is 13.2 Å². The van der Waals surface area contributed by atoms with Crippen LogP contribution in [0.25, 0.3) is 0 Å². The number of piperazine rings is 1. The molecule has 0 unspecified atom stereocenters.